The van der Waals surface area contributed by atoms with Gasteiger partial charge >= 0.3 is 0 Å². The highest BCUT2D eigenvalue weighted by Crippen LogP contribution is 2.18. The number of nitrogens with zero attached hydrogens (tertiary/aromatic N) is 3. The second-order valence-corrected chi connectivity index (χ2v) is 5.72. The summed E-state index contributed by atoms with van der Waals surface area (Å²) in [4.78, 5) is 16.9. The number of hydrogen-bond acceptors (Lipinski definition) is 3. The van der Waals surface area contributed by atoms with Gasteiger partial charge in [0, 0.05) is 29.7 Å². The Labute approximate surface area is 144 Å². The van der Waals surface area contributed by atoms with E-state index in [0.717, 1.165) is 27.8 Å². The fourth-order valence-corrected chi connectivity index (χ4v) is 2.84. The smallest absolute Gasteiger partial charge is 0.228 e. The van der Waals surface area contributed by atoms with Gasteiger partial charge in [-0.1, -0.05) is 30.3 Å². The Bertz CT molecular complexity index is 1020. The van der Waals surface area contributed by atoms with E-state index in [0.29, 0.717) is 0 Å². The maximum absolute atomic E-state index is 12.5. The van der Waals surface area contributed by atoms with Crippen LogP contribution in [0.1, 0.15) is 5.56 Å². The molecule has 0 radical (unpaired) electrons. The molecule has 5 nitrogen and oxygen atoms in total. The van der Waals surface area contributed by atoms with Crippen LogP contribution in [-0.2, 0) is 11.2 Å². The number of aromatic nitrogens is 3. The van der Waals surface area contributed by atoms with Crippen molar-refractivity contribution in [3.05, 3.63) is 84.8 Å². The quantitative estimate of drug-likeness (QED) is 0.622. The van der Waals surface area contributed by atoms with Crippen LogP contribution in [-0.4, -0.2) is 20.7 Å². The summed E-state index contributed by atoms with van der Waals surface area (Å²) in [5.41, 5.74) is 3.42. The molecule has 122 valence electrons. The van der Waals surface area contributed by atoms with Gasteiger partial charge in [0.1, 0.15) is 0 Å². The number of carbonyl (C=O) groups excluding carboxylic acids is 1. The number of nitrogens with one attached hydrogen (secondary N) is 1. The number of anilines is 1. The first-order chi connectivity index (χ1) is 12.3. The Balaban J connectivity index is 1.53. The van der Waals surface area contributed by atoms with E-state index in [1.807, 2.05) is 66.9 Å². The highest BCUT2D eigenvalue weighted by atomic mass is 16.1. The second-order valence-electron chi connectivity index (χ2n) is 5.72. The molecule has 2 heterocycles. The Morgan fingerprint density at radius 2 is 1.88 bits per heavy atom. The first kappa shape index (κ1) is 15.1. The average Bonchev–Trinajstić information content (AvgIpc) is 3.17. The van der Waals surface area contributed by atoms with E-state index < -0.39 is 0 Å². The Morgan fingerprint density at radius 3 is 2.76 bits per heavy atom. The summed E-state index contributed by atoms with van der Waals surface area (Å²) < 4.78 is 1.75. The summed E-state index contributed by atoms with van der Waals surface area (Å²) in [5.74, 6) is -0.0734. The van der Waals surface area contributed by atoms with Crippen LogP contribution in [0, 0.1) is 0 Å². The number of amides is 1. The van der Waals surface area contributed by atoms with Gasteiger partial charge in [0.15, 0.2) is 0 Å². The molecule has 0 aliphatic heterocycles. The highest BCUT2D eigenvalue weighted by Gasteiger charge is 2.09. The lowest BCUT2D eigenvalue weighted by Gasteiger charge is -2.09. The minimum absolute atomic E-state index is 0.0734. The molecule has 2 aromatic carbocycles. The topological polar surface area (TPSA) is 59.8 Å². The second kappa shape index (κ2) is 6.57. The zero-order valence-electron chi connectivity index (χ0n) is 13.5. The van der Waals surface area contributed by atoms with Gasteiger partial charge in [0.2, 0.25) is 5.91 Å². The van der Waals surface area contributed by atoms with Crippen molar-refractivity contribution in [3.63, 3.8) is 0 Å². The van der Waals surface area contributed by atoms with Crippen LogP contribution >= 0.6 is 0 Å². The predicted molar refractivity (Wildman–Crippen MR) is 97.6 cm³/mol. The third-order valence-electron chi connectivity index (χ3n) is 3.97. The molecule has 2 aromatic heterocycles. The van der Waals surface area contributed by atoms with Crippen LogP contribution < -0.4 is 5.32 Å². The number of fused-ring (bicyclic) bond motifs is 1. The number of pyridine rings is 1. The molecular formula is C20H16N4O. The van der Waals surface area contributed by atoms with E-state index in [9.17, 15) is 4.79 Å². The zero-order valence-corrected chi connectivity index (χ0v) is 13.5. The molecule has 5 heteroatoms. The minimum Gasteiger partial charge on any atom is -0.326 e. The standard InChI is InChI=1S/C20H16N4O/c25-19(13-16-6-1-5-15-7-3-10-21-20(15)16)23-17-8-2-9-18(14-17)24-12-4-11-22-24/h1-12,14H,13H2,(H,23,25). The van der Waals surface area contributed by atoms with Gasteiger partial charge in [-0.25, -0.2) is 4.68 Å². The molecule has 1 amide bonds. The lowest BCUT2D eigenvalue weighted by Crippen LogP contribution is -2.15. The number of para-hydroxylation sites is 1. The molecule has 1 N–H and O–H groups in total. The van der Waals surface area contributed by atoms with Gasteiger partial charge in [-0.15, -0.1) is 0 Å². The maximum atomic E-state index is 12.5. The highest BCUT2D eigenvalue weighted by molar-refractivity contribution is 5.95. The summed E-state index contributed by atoms with van der Waals surface area (Å²) in [5, 5.41) is 8.19. The van der Waals surface area contributed by atoms with Gasteiger partial charge < -0.3 is 5.32 Å². The lowest BCUT2D eigenvalue weighted by molar-refractivity contribution is -0.115. The third-order valence-corrected chi connectivity index (χ3v) is 3.97. The van der Waals surface area contributed by atoms with E-state index in [1.165, 1.54) is 0 Å². The molecule has 0 aliphatic rings. The van der Waals surface area contributed by atoms with Crippen molar-refractivity contribution in [2.45, 2.75) is 6.42 Å². The van der Waals surface area contributed by atoms with Gasteiger partial charge in [0.05, 0.1) is 17.6 Å². The van der Waals surface area contributed by atoms with E-state index in [1.54, 1.807) is 17.1 Å². The van der Waals surface area contributed by atoms with Crippen molar-refractivity contribution in [1.29, 1.82) is 0 Å². The van der Waals surface area contributed by atoms with E-state index in [4.69, 9.17) is 0 Å². The number of rotatable bonds is 4. The van der Waals surface area contributed by atoms with Crippen molar-refractivity contribution in [2.75, 3.05) is 5.32 Å². The molecule has 0 bridgehead atoms. The molecule has 0 saturated carbocycles. The van der Waals surface area contributed by atoms with Crippen LogP contribution in [0.25, 0.3) is 16.6 Å². The molecular weight excluding hydrogens is 312 g/mol. The van der Waals surface area contributed by atoms with Crippen molar-refractivity contribution < 1.29 is 4.79 Å². The van der Waals surface area contributed by atoms with Gasteiger partial charge in [-0.3, -0.25) is 9.78 Å². The van der Waals surface area contributed by atoms with Gasteiger partial charge in [-0.2, -0.15) is 5.10 Å². The average molecular weight is 328 g/mol. The number of carbonyl (C=O) groups is 1. The first-order valence-corrected chi connectivity index (χ1v) is 8.02. The predicted octanol–water partition coefficient (Wildman–Crippen LogP) is 3.60. The minimum atomic E-state index is -0.0734. The monoisotopic (exact) mass is 328 g/mol. The van der Waals surface area contributed by atoms with Crippen LogP contribution in [0.3, 0.4) is 0 Å². The Morgan fingerprint density at radius 1 is 1.00 bits per heavy atom. The summed E-state index contributed by atoms with van der Waals surface area (Å²) >= 11 is 0. The van der Waals surface area contributed by atoms with E-state index in [2.05, 4.69) is 15.4 Å². The number of hydrogen-bond donors (Lipinski definition) is 1. The van der Waals surface area contributed by atoms with Crippen LogP contribution in [0.5, 0.6) is 0 Å². The van der Waals surface area contributed by atoms with Crippen molar-refractivity contribution in [1.82, 2.24) is 14.8 Å². The molecule has 0 saturated heterocycles. The normalized spacial score (nSPS) is 10.7. The molecule has 25 heavy (non-hydrogen) atoms. The summed E-state index contributed by atoms with van der Waals surface area (Å²) in [6.45, 7) is 0. The van der Waals surface area contributed by atoms with Gasteiger partial charge in [0.25, 0.3) is 0 Å². The molecule has 0 fully saturated rings. The zero-order chi connectivity index (χ0) is 17.1. The largest absolute Gasteiger partial charge is 0.326 e. The molecule has 0 unspecified atom stereocenters. The number of benzene rings is 2. The Hall–Kier alpha value is -3.47. The molecule has 4 aromatic rings. The first-order valence-electron chi connectivity index (χ1n) is 8.02. The lowest BCUT2D eigenvalue weighted by atomic mass is 10.1. The fourth-order valence-electron chi connectivity index (χ4n) is 2.84. The van der Waals surface area contributed by atoms with E-state index in [-0.39, 0.29) is 12.3 Å². The molecule has 4 rings (SSSR count). The van der Waals surface area contributed by atoms with Crippen LogP contribution in [0.4, 0.5) is 5.69 Å². The van der Waals surface area contributed by atoms with Crippen LogP contribution in [0.2, 0.25) is 0 Å². The molecule has 0 aliphatic carbocycles. The maximum Gasteiger partial charge on any atom is 0.228 e. The summed E-state index contributed by atoms with van der Waals surface area (Å²) in [7, 11) is 0. The molecule has 0 spiro atoms. The molecule has 0 atom stereocenters. The summed E-state index contributed by atoms with van der Waals surface area (Å²) in [6.07, 6.45) is 5.61. The van der Waals surface area contributed by atoms with Crippen molar-refractivity contribution >= 4 is 22.5 Å². The van der Waals surface area contributed by atoms with Crippen molar-refractivity contribution in [2.24, 2.45) is 0 Å². The van der Waals surface area contributed by atoms with E-state index >= 15 is 0 Å². The summed E-state index contributed by atoms with van der Waals surface area (Å²) in [6, 6.07) is 19.2. The fraction of sp³-hybridized carbons (Fsp3) is 0.0500. The SMILES string of the molecule is O=C(Cc1cccc2cccnc12)Nc1cccc(-n2cccn2)c1. The van der Waals surface area contributed by atoms with Gasteiger partial charge in [-0.05, 0) is 35.9 Å². The third kappa shape index (κ3) is 3.26. The van der Waals surface area contributed by atoms with Crippen LogP contribution in [0.15, 0.2) is 79.3 Å². The Kier molecular flexibility index (Phi) is 3.96. The van der Waals surface area contributed by atoms with Crippen molar-refractivity contribution in [3.8, 4) is 5.69 Å².